The molecule has 0 radical (unpaired) electrons. The summed E-state index contributed by atoms with van der Waals surface area (Å²) in [6.45, 7) is 6.37. The average molecular weight is 220 g/mol. The number of nitrogens with two attached hydrogens (primary N) is 1. The van der Waals surface area contributed by atoms with Gasteiger partial charge in [0.2, 0.25) is 0 Å². The Bertz CT molecular complexity index is 374. The Morgan fingerprint density at radius 3 is 2.88 bits per heavy atom. The molecule has 16 heavy (non-hydrogen) atoms. The Labute approximate surface area is 96.9 Å². The van der Waals surface area contributed by atoms with E-state index in [1.165, 1.54) is 6.34 Å². The first-order chi connectivity index (χ1) is 7.69. The maximum absolute atomic E-state index is 5.34. The fraction of sp³-hybridized carbons (Fsp3) is 0.500. The van der Waals surface area contributed by atoms with E-state index < -0.39 is 0 Å². The van der Waals surface area contributed by atoms with Crippen LogP contribution < -0.4 is 5.73 Å². The number of nitrogens with zero attached hydrogens (tertiary/aromatic N) is 3. The van der Waals surface area contributed by atoms with E-state index in [9.17, 15) is 0 Å². The molecule has 1 rings (SSSR count). The second-order valence-corrected chi connectivity index (χ2v) is 3.99. The Morgan fingerprint density at radius 2 is 2.38 bits per heavy atom. The molecule has 0 fully saturated rings. The second kappa shape index (κ2) is 6.10. The Balaban J connectivity index is 2.92. The monoisotopic (exact) mass is 220 g/mol. The van der Waals surface area contributed by atoms with Gasteiger partial charge in [0, 0.05) is 6.20 Å². The summed E-state index contributed by atoms with van der Waals surface area (Å²) in [5, 5.41) is 0. The number of aliphatic imine (C=N–C) groups is 1. The predicted molar refractivity (Wildman–Crippen MR) is 68.2 cm³/mol. The van der Waals surface area contributed by atoms with Crippen LogP contribution in [0.5, 0.6) is 0 Å². The number of unbranched alkanes of at least 4 members (excludes halogenated alkanes) is 1. The third kappa shape index (κ3) is 3.22. The van der Waals surface area contributed by atoms with Gasteiger partial charge in [-0.1, -0.05) is 27.2 Å². The van der Waals surface area contributed by atoms with Crippen molar-refractivity contribution >= 4 is 12.2 Å². The van der Waals surface area contributed by atoms with Crippen LogP contribution >= 0.6 is 0 Å². The first-order valence-electron chi connectivity index (χ1n) is 5.67. The molecule has 0 aromatic carbocycles. The number of hydrogen-bond acceptors (Lipinski definition) is 2. The lowest BCUT2D eigenvalue weighted by atomic mass is 10.2. The molecule has 2 N–H and O–H groups in total. The Kier molecular flexibility index (Phi) is 4.76. The van der Waals surface area contributed by atoms with Gasteiger partial charge in [0.15, 0.2) is 0 Å². The first-order valence-corrected chi connectivity index (χ1v) is 5.67. The van der Waals surface area contributed by atoms with Crippen LogP contribution in [0.3, 0.4) is 0 Å². The molecule has 0 saturated carbocycles. The Hall–Kier alpha value is -1.58. The zero-order valence-corrected chi connectivity index (χ0v) is 10.2. The molecule has 0 saturated heterocycles. The highest BCUT2D eigenvalue weighted by Crippen LogP contribution is 2.15. The molecule has 1 aromatic heterocycles. The van der Waals surface area contributed by atoms with E-state index in [1.807, 2.05) is 10.8 Å². The smallest absolute Gasteiger partial charge is 0.135 e. The van der Waals surface area contributed by atoms with E-state index >= 15 is 0 Å². The van der Waals surface area contributed by atoms with Crippen LogP contribution in [0.15, 0.2) is 23.6 Å². The van der Waals surface area contributed by atoms with Crippen molar-refractivity contribution in [2.45, 2.75) is 39.5 Å². The van der Waals surface area contributed by atoms with Gasteiger partial charge in [-0.05, 0) is 18.4 Å². The van der Waals surface area contributed by atoms with E-state index in [0.29, 0.717) is 5.92 Å². The summed E-state index contributed by atoms with van der Waals surface area (Å²) >= 11 is 0. The highest BCUT2D eigenvalue weighted by Gasteiger charge is 2.05. The van der Waals surface area contributed by atoms with Gasteiger partial charge in [-0.2, -0.15) is 0 Å². The summed E-state index contributed by atoms with van der Waals surface area (Å²) in [6, 6.07) is 0. The lowest BCUT2D eigenvalue weighted by Gasteiger charge is -2.02. The molecule has 0 aliphatic rings. The zero-order valence-electron chi connectivity index (χ0n) is 10.2. The van der Waals surface area contributed by atoms with Gasteiger partial charge in [0.05, 0.1) is 12.0 Å². The van der Waals surface area contributed by atoms with Crippen LogP contribution in [-0.4, -0.2) is 15.9 Å². The van der Waals surface area contributed by atoms with E-state index in [4.69, 9.17) is 5.73 Å². The minimum atomic E-state index is 0.426. The fourth-order valence-corrected chi connectivity index (χ4v) is 1.34. The standard InChI is InChI=1S/C12H20N4/c1-4-5-6-12(14-8-13)16-7-11(10(2)3)15-9-16/h6-10H,4-5H2,1-3H3,(H2,13,14)/b12-6+. The first kappa shape index (κ1) is 12.5. The summed E-state index contributed by atoms with van der Waals surface area (Å²) in [4.78, 5) is 8.48. The number of imidazole rings is 1. The number of aromatic nitrogens is 2. The van der Waals surface area contributed by atoms with Crippen LogP contribution in [0.1, 0.15) is 45.2 Å². The summed E-state index contributed by atoms with van der Waals surface area (Å²) in [5.41, 5.74) is 6.40. The third-order valence-electron chi connectivity index (χ3n) is 2.28. The summed E-state index contributed by atoms with van der Waals surface area (Å²) in [5.74, 6) is 1.26. The van der Waals surface area contributed by atoms with Crippen molar-refractivity contribution in [1.29, 1.82) is 0 Å². The lowest BCUT2D eigenvalue weighted by molar-refractivity contribution is 0.831. The Morgan fingerprint density at radius 1 is 1.62 bits per heavy atom. The lowest BCUT2D eigenvalue weighted by Crippen LogP contribution is -1.96. The maximum atomic E-state index is 5.34. The van der Waals surface area contributed by atoms with Gasteiger partial charge >= 0.3 is 0 Å². The van der Waals surface area contributed by atoms with Crippen LogP contribution in [0, 0.1) is 0 Å². The van der Waals surface area contributed by atoms with E-state index in [-0.39, 0.29) is 0 Å². The molecule has 0 amide bonds. The molecule has 0 atom stereocenters. The van der Waals surface area contributed by atoms with Gasteiger partial charge in [-0.25, -0.2) is 9.98 Å². The molecular weight excluding hydrogens is 200 g/mol. The third-order valence-corrected chi connectivity index (χ3v) is 2.28. The second-order valence-electron chi connectivity index (χ2n) is 3.99. The minimum absolute atomic E-state index is 0.426. The molecule has 88 valence electrons. The fourth-order valence-electron chi connectivity index (χ4n) is 1.34. The van der Waals surface area contributed by atoms with Crippen LogP contribution in [0.25, 0.3) is 5.82 Å². The number of hydrogen-bond donors (Lipinski definition) is 1. The van der Waals surface area contributed by atoms with Crippen molar-refractivity contribution < 1.29 is 0 Å². The SMILES string of the molecule is CCC/C=C(\N=C/N)n1cnc(C(C)C)c1. The van der Waals surface area contributed by atoms with E-state index in [1.54, 1.807) is 6.33 Å². The highest BCUT2D eigenvalue weighted by molar-refractivity contribution is 5.62. The van der Waals surface area contributed by atoms with Crippen molar-refractivity contribution in [2.24, 2.45) is 10.7 Å². The largest absolute Gasteiger partial charge is 0.390 e. The molecule has 0 aliphatic heterocycles. The van der Waals surface area contributed by atoms with Crippen molar-refractivity contribution in [3.05, 3.63) is 24.3 Å². The summed E-state index contributed by atoms with van der Waals surface area (Å²) in [6.07, 6.45) is 9.24. The van der Waals surface area contributed by atoms with Crippen molar-refractivity contribution in [2.75, 3.05) is 0 Å². The van der Waals surface area contributed by atoms with Gasteiger partial charge < -0.3 is 5.73 Å². The van der Waals surface area contributed by atoms with E-state index in [2.05, 4.69) is 36.8 Å². The van der Waals surface area contributed by atoms with Crippen molar-refractivity contribution in [1.82, 2.24) is 9.55 Å². The van der Waals surface area contributed by atoms with E-state index in [0.717, 1.165) is 24.4 Å². The number of allylic oxidation sites excluding steroid dienone is 1. The quantitative estimate of drug-likeness (QED) is 0.612. The molecule has 0 spiro atoms. The van der Waals surface area contributed by atoms with Crippen LogP contribution in [0.2, 0.25) is 0 Å². The van der Waals surface area contributed by atoms with Gasteiger partial charge in [-0.3, -0.25) is 4.57 Å². The topological polar surface area (TPSA) is 56.2 Å². The molecule has 0 bridgehead atoms. The molecule has 4 heteroatoms. The molecular formula is C12H20N4. The van der Waals surface area contributed by atoms with Crippen LogP contribution in [0.4, 0.5) is 0 Å². The normalized spacial score (nSPS) is 12.9. The van der Waals surface area contributed by atoms with Crippen molar-refractivity contribution in [3.63, 3.8) is 0 Å². The van der Waals surface area contributed by atoms with Crippen LogP contribution in [-0.2, 0) is 0 Å². The molecule has 1 heterocycles. The number of rotatable bonds is 5. The average Bonchev–Trinajstić information content (AvgIpc) is 2.73. The zero-order chi connectivity index (χ0) is 12.0. The molecule has 0 aliphatic carbocycles. The van der Waals surface area contributed by atoms with Gasteiger partial charge in [-0.15, -0.1) is 0 Å². The summed E-state index contributed by atoms with van der Waals surface area (Å²) < 4.78 is 1.91. The maximum Gasteiger partial charge on any atom is 0.135 e. The minimum Gasteiger partial charge on any atom is -0.390 e. The molecule has 1 aromatic rings. The van der Waals surface area contributed by atoms with Crippen molar-refractivity contribution in [3.8, 4) is 0 Å². The highest BCUT2D eigenvalue weighted by atomic mass is 15.1. The van der Waals surface area contributed by atoms with Gasteiger partial charge in [0.1, 0.15) is 12.1 Å². The molecule has 4 nitrogen and oxygen atoms in total. The summed E-state index contributed by atoms with van der Waals surface area (Å²) in [7, 11) is 0. The predicted octanol–water partition coefficient (Wildman–Crippen LogP) is 2.59. The molecule has 0 unspecified atom stereocenters. The van der Waals surface area contributed by atoms with Gasteiger partial charge in [0.25, 0.3) is 0 Å².